The van der Waals surface area contributed by atoms with Gasteiger partial charge in [-0.25, -0.2) is 18.7 Å². The number of hydrogen-bond acceptors (Lipinski definition) is 6. The Morgan fingerprint density at radius 3 is 2.65 bits per heavy atom. The summed E-state index contributed by atoms with van der Waals surface area (Å²) in [7, 11) is 0. The molecule has 8 bridgehead atoms. The Balaban J connectivity index is 1.43. The molecular weight excluding hydrogens is 546 g/mol. The zero-order valence-corrected chi connectivity index (χ0v) is 25.2. The van der Waals surface area contributed by atoms with Gasteiger partial charge in [0.25, 0.3) is 11.5 Å². The number of nitriles is 1. The highest BCUT2D eigenvalue weighted by molar-refractivity contribution is 5.87. The third kappa shape index (κ3) is 5.46. The molecule has 7 rings (SSSR count). The fourth-order valence-electron chi connectivity index (χ4n) is 6.90. The van der Waals surface area contributed by atoms with E-state index in [1.807, 2.05) is 13.0 Å². The van der Waals surface area contributed by atoms with Crippen LogP contribution in [-0.4, -0.2) is 38.1 Å². The molecule has 1 aromatic carbocycles. The molecule has 3 aliphatic heterocycles. The van der Waals surface area contributed by atoms with Crippen LogP contribution in [0.4, 0.5) is 14.6 Å². The van der Waals surface area contributed by atoms with Gasteiger partial charge in [-0.2, -0.15) is 5.26 Å². The lowest BCUT2D eigenvalue weighted by molar-refractivity contribution is -0.107. The highest BCUT2D eigenvalue weighted by atomic mass is 19.3. The van der Waals surface area contributed by atoms with Gasteiger partial charge in [-0.3, -0.25) is 14.3 Å². The SMILES string of the molecule is C[C@H]1Nc2ncnc3c2cc(C2(C#N)CC2)c(=O)n3CCCC/C=C\CN2CCC(CC2(C)C)C(F)(F)c2cccc1c2. The van der Waals surface area contributed by atoms with Crippen molar-refractivity contribution in [3.05, 3.63) is 75.9 Å². The summed E-state index contributed by atoms with van der Waals surface area (Å²) in [4.78, 5) is 25.1. The van der Waals surface area contributed by atoms with E-state index in [0.29, 0.717) is 61.2 Å². The largest absolute Gasteiger partial charge is 0.363 e. The van der Waals surface area contributed by atoms with Crippen LogP contribution in [0.3, 0.4) is 0 Å². The average molecular weight is 587 g/mol. The number of anilines is 1. The van der Waals surface area contributed by atoms with E-state index in [1.165, 1.54) is 12.4 Å². The van der Waals surface area contributed by atoms with Crippen LogP contribution >= 0.6 is 0 Å². The van der Waals surface area contributed by atoms with Gasteiger partial charge in [-0.15, -0.1) is 0 Å². The molecule has 1 saturated carbocycles. The monoisotopic (exact) mass is 586 g/mol. The first kappa shape index (κ1) is 29.4. The molecule has 9 heteroatoms. The molecule has 4 aliphatic rings. The molecule has 2 unspecified atom stereocenters. The first-order valence-corrected chi connectivity index (χ1v) is 15.5. The van der Waals surface area contributed by atoms with Crippen molar-refractivity contribution in [3.63, 3.8) is 0 Å². The molecule has 43 heavy (non-hydrogen) atoms. The molecule has 0 amide bonds. The van der Waals surface area contributed by atoms with E-state index in [4.69, 9.17) is 0 Å². The van der Waals surface area contributed by atoms with E-state index in [-0.39, 0.29) is 22.7 Å². The molecule has 2 fully saturated rings. The van der Waals surface area contributed by atoms with E-state index in [2.05, 4.69) is 52.3 Å². The summed E-state index contributed by atoms with van der Waals surface area (Å²) in [5, 5.41) is 14.0. The standard InChI is InChI=1S/C34H40F2N6O/c1-23-24-10-9-11-25(18-24)34(35,36)26-12-17-41(32(2,3)20-26)15-7-5-4-6-8-16-42-30-27(29(40-23)38-22-39-30)19-28(31(42)43)33(21-37)13-14-33/h5,7,9-11,18-19,22-23,26H,4,6,8,12-17,20H2,1-3H3,(H,38,39,40)/b7-5-/t23-,26?/m1/s1. The molecule has 0 radical (unpaired) electrons. The fourth-order valence-corrected chi connectivity index (χ4v) is 6.90. The minimum absolute atomic E-state index is 0.0343. The summed E-state index contributed by atoms with van der Waals surface area (Å²) in [6.45, 7) is 7.91. The van der Waals surface area contributed by atoms with E-state index in [9.17, 15) is 10.1 Å². The van der Waals surface area contributed by atoms with Gasteiger partial charge in [-0.05, 0) is 90.0 Å². The molecule has 1 saturated heterocycles. The van der Waals surface area contributed by atoms with Gasteiger partial charge in [0.05, 0.1) is 16.9 Å². The van der Waals surface area contributed by atoms with Crippen LogP contribution in [0, 0.1) is 17.2 Å². The van der Waals surface area contributed by atoms with Crippen LogP contribution in [0.25, 0.3) is 11.0 Å². The van der Waals surface area contributed by atoms with Gasteiger partial charge in [0.1, 0.15) is 17.8 Å². The molecule has 2 aromatic heterocycles. The van der Waals surface area contributed by atoms with Crippen LogP contribution in [0.15, 0.2) is 53.6 Å². The van der Waals surface area contributed by atoms with Crippen LogP contribution in [0.5, 0.6) is 0 Å². The first-order chi connectivity index (χ1) is 20.6. The average Bonchev–Trinajstić information content (AvgIpc) is 3.78. The van der Waals surface area contributed by atoms with E-state index < -0.39 is 17.3 Å². The van der Waals surface area contributed by atoms with Crippen molar-refractivity contribution in [1.29, 1.82) is 5.26 Å². The van der Waals surface area contributed by atoms with Gasteiger partial charge in [0.2, 0.25) is 0 Å². The third-order valence-corrected chi connectivity index (χ3v) is 9.84. The second-order valence-corrected chi connectivity index (χ2v) is 13.2. The maximum atomic E-state index is 16.1. The van der Waals surface area contributed by atoms with Crippen molar-refractivity contribution < 1.29 is 8.78 Å². The smallest absolute Gasteiger partial charge is 0.276 e. The summed E-state index contributed by atoms with van der Waals surface area (Å²) in [5.74, 6) is -3.19. The van der Waals surface area contributed by atoms with Crippen LogP contribution in [-0.2, 0) is 17.9 Å². The molecule has 0 spiro atoms. The zero-order valence-electron chi connectivity index (χ0n) is 25.2. The lowest BCUT2D eigenvalue weighted by atomic mass is 9.77. The maximum Gasteiger partial charge on any atom is 0.276 e. The predicted molar refractivity (Wildman–Crippen MR) is 164 cm³/mol. The fraction of sp³-hybridized carbons (Fsp3) is 0.529. The number of nitrogens with one attached hydrogen (secondary N) is 1. The normalized spacial score (nSPS) is 27.0. The molecule has 226 valence electrons. The number of benzene rings is 1. The van der Waals surface area contributed by atoms with Gasteiger partial charge < -0.3 is 5.32 Å². The van der Waals surface area contributed by atoms with Crippen LogP contribution in [0.1, 0.15) is 88.4 Å². The van der Waals surface area contributed by atoms with Crippen molar-refractivity contribution in [2.24, 2.45) is 5.92 Å². The minimum atomic E-state index is -2.96. The summed E-state index contributed by atoms with van der Waals surface area (Å²) in [6.07, 6.45) is 10.4. The van der Waals surface area contributed by atoms with Gasteiger partial charge in [0.15, 0.2) is 0 Å². The zero-order chi connectivity index (χ0) is 30.4. The Kier molecular flexibility index (Phi) is 7.62. The number of allylic oxidation sites excluding steroid dienone is 1. The van der Waals surface area contributed by atoms with Crippen molar-refractivity contribution in [2.75, 3.05) is 18.4 Å². The number of pyridine rings is 1. The number of hydrogen-bond donors (Lipinski definition) is 1. The molecule has 3 atom stereocenters. The van der Waals surface area contributed by atoms with E-state index in [0.717, 1.165) is 31.4 Å². The number of aryl methyl sites for hydroxylation is 1. The Morgan fingerprint density at radius 1 is 1.09 bits per heavy atom. The highest BCUT2D eigenvalue weighted by Gasteiger charge is 2.48. The van der Waals surface area contributed by atoms with E-state index in [1.54, 1.807) is 22.8 Å². The number of piperidine rings is 1. The van der Waals surface area contributed by atoms with Gasteiger partial charge >= 0.3 is 0 Å². The molecular formula is C34H40F2N6O. The van der Waals surface area contributed by atoms with Crippen molar-refractivity contribution in [3.8, 4) is 6.07 Å². The van der Waals surface area contributed by atoms with Crippen molar-refractivity contribution >= 4 is 16.9 Å². The summed E-state index contributed by atoms with van der Waals surface area (Å²) < 4.78 is 33.9. The Labute approximate surface area is 251 Å². The molecule has 1 aliphatic carbocycles. The summed E-state index contributed by atoms with van der Waals surface area (Å²) in [5.41, 5.74) is 0.472. The summed E-state index contributed by atoms with van der Waals surface area (Å²) >= 11 is 0. The molecule has 7 nitrogen and oxygen atoms in total. The van der Waals surface area contributed by atoms with Crippen LogP contribution < -0.4 is 10.9 Å². The highest BCUT2D eigenvalue weighted by Crippen LogP contribution is 2.48. The Hall–Kier alpha value is -3.64. The van der Waals surface area contributed by atoms with Crippen LogP contribution in [0.2, 0.25) is 0 Å². The summed E-state index contributed by atoms with van der Waals surface area (Å²) in [6, 6.07) is 10.5. The lowest BCUT2D eigenvalue weighted by Gasteiger charge is -2.47. The van der Waals surface area contributed by atoms with Gasteiger partial charge in [-0.1, -0.05) is 30.4 Å². The Morgan fingerprint density at radius 2 is 1.91 bits per heavy atom. The lowest BCUT2D eigenvalue weighted by Crippen LogP contribution is -2.52. The Bertz CT molecular complexity index is 1650. The quantitative estimate of drug-likeness (QED) is 0.314. The molecule has 5 heterocycles. The number of halogens is 2. The minimum Gasteiger partial charge on any atom is -0.363 e. The number of rotatable bonds is 1. The first-order valence-electron chi connectivity index (χ1n) is 15.5. The van der Waals surface area contributed by atoms with Crippen molar-refractivity contribution in [2.45, 2.75) is 95.2 Å². The molecule has 1 N–H and O–H groups in total. The number of aromatic nitrogens is 3. The van der Waals surface area contributed by atoms with E-state index >= 15 is 8.78 Å². The van der Waals surface area contributed by atoms with Crippen molar-refractivity contribution in [1.82, 2.24) is 19.4 Å². The number of nitrogens with zero attached hydrogens (tertiary/aromatic N) is 5. The predicted octanol–water partition coefficient (Wildman–Crippen LogP) is 6.84. The van der Waals surface area contributed by atoms with Gasteiger partial charge in [0, 0.05) is 41.7 Å². The third-order valence-electron chi connectivity index (χ3n) is 9.84. The number of alkyl halides is 2. The molecule has 3 aromatic rings. The second kappa shape index (κ2) is 11.1. The topological polar surface area (TPSA) is 86.8 Å². The maximum absolute atomic E-state index is 16.1. The second-order valence-electron chi connectivity index (χ2n) is 13.2. The number of fused-ring (bicyclic) bond motifs is 8.